The van der Waals surface area contributed by atoms with E-state index in [0.29, 0.717) is 11.4 Å². The van der Waals surface area contributed by atoms with Gasteiger partial charge in [0.15, 0.2) is 6.19 Å². The van der Waals surface area contributed by atoms with Gasteiger partial charge in [0.1, 0.15) is 29.3 Å². The van der Waals surface area contributed by atoms with Crippen LogP contribution in [-0.4, -0.2) is 10.9 Å². The largest absolute Gasteiger partial charge is 0.397 e. The number of rotatable bonds is 1. The van der Waals surface area contributed by atoms with Gasteiger partial charge >= 0.3 is 0 Å². The molecule has 0 spiro atoms. The molecule has 4 aromatic rings. The van der Waals surface area contributed by atoms with Gasteiger partial charge in [-0.1, -0.05) is 48.5 Å². The highest BCUT2D eigenvalue weighted by Gasteiger charge is 2.31. The van der Waals surface area contributed by atoms with Crippen LogP contribution in [0.2, 0.25) is 0 Å². The minimum absolute atomic E-state index is 0.0194. The Morgan fingerprint density at radius 1 is 0.935 bits per heavy atom. The lowest BCUT2D eigenvalue weighted by Gasteiger charge is -2.28. The monoisotopic (exact) mass is 404 g/mol. The molecule has 31 heavy (non-hydrogen) atoms. The molecule has 1 aliphatic rings. The lowest BCUT2D eigenvalue weighted by Crippen LogP contribution is -2.32. The fourth-order valence-corrected chi connectivity index (χ4v) is 4.13. The molecule has 0 saturated heterocycles. The number of benzene rings is 3. The molecule has 2 heterocycles. The number of aromatic nitrogens is 1. The lowest BCUT2D eigenvalue weighted by molar-refractivity contribution is 0.861. The number of nitrogens with two attached hydrogens (primary N) is 2. The first-order valence-corrected chi connectivity index (χ1v) is 9.51. The Balaban J connectivity index is 1.92. The molecule has 0 fully saturated rings. The van der Waals surface area contributed by atoms with Crippen LogP contribution in [0.5, 0.6) is 0 Å². The normalized spacial score (nSPS) is 14.8. The van der Waals surface area contributed by atoms with Gasteiger partial charge in [-0.2, -0.15) is 10.5 Å². The number of pyridine rings is 1. The predicted molar refractivity (Wildman–Crippen MR) is 121 cm³/mol. The molecule has 1 aliphatic heterocycles. The van der Waals surface area contributed by atoms with Crippen LogP contribution in [0, 0.1) is 22.8 Å². The van der Waals surface area contributed by atoms with Crippen molar-refractivity contribution in [2.45, 2.75) is 6.04 Å². The highest BCUT2D eigenvalue weighted by Crippen LogP contribution is 2.44. The number of anilines is 3. The third-order valence-electron chi connectivity index (χ3n) is 5.44. The number of nitrogens with zero attached hydrogens (tertiary/aromatic N) is 4. The van der Waals surface area contributed by atoms with E-state index >= 15 is 0 Å². The van der Waals surface area contributed by atoms with Gasteiger partial charge in [0.2, 0.25) is 5.96 Å². The summed E-state index contributed by atoms with van der Waals surface area (Å²) in [5.41, 5.74) is 14.2. The Morgan fingerprint density at radius 3 is 2.19 bits per heavy atom. The van der Waals surface area contributed by atoms with E-state index < -0.39 is 6.04 Å². The zero-order valence-electron chi connectivity index (χ0n) is 16.2. The van der Waals surface area contributed by atoms with Crippen LogP contribution in [-0.2, 0) is 0 Å². The summed E-state index contributed by atoms with van der Waals surface area (Å²) < 4.78 is 0. The van der Waals surface area contributed by atoms with Crippen molar-refractivity contribution in [1.29, 1.82) is 10.5 Å². The van der Waals surface area contributed by atoms with Crippen LogP contribution in [0.1, 0.15) is 22.7 Å². The van der Waals surface area contributed by atoms with E-state index in [4.69, 9.17) is 21.7 Å². The first-order chi connectivity index (χ1) is 15.1. The van der Waals surface area contributed by atoms with Crippen molar-refractivity contribution < 1.29 is 0 Å². The van der Waals surface area contributed by atoms with Crippen molar-refractivity contribution in [1.82, 2.24) is 10.3 Å². The average Bonchev–Trinajstić information content (AvgIpc) is 2.77. The molecule has 1 aromatic heterocycles. The molecular formula is C23H16N8. The maximum Gasteiger partial charge on any atom is 0.211 e. The third kappa shape index (κ3) is 2.75. The predicted octanol–water partition coefficient (Wildman–Crippen LogP) is 3.37. The number of fused-ring (bicyclic) bond motifs is 3. The molecule has 0 radical (unpaired) electrons. The Labute approximate surface area is 177 Å². The fraction of sp³-hybridized carbons (Fsp3) is 0.0435. The minimum Gasteiger partial charge on any atom is -0.397 e. The first kappa shape index (κ1) is 18.2. The molecule has 8 heteroatoms. The second kappa shape index (κ2) is 6.90. The Bertz CT molecular complexity index is 1440. The van der Waals surface area contributed by atoms with E-state index in [0.717, 1.165) is 27.1 Å². The number of nitriles is 2. The third-order valence-corrected chi connectivity index (χ3v) is 5.44. The van der Waals surface area contributed by atoms with Gasteiger partial charge in [0, 0.05) is 5.56 Å². The molecule has 6 N–H and O–H groups in total. The molecule has 148 valence electrons. The van der Waals surface area contributed by atoms with E-state index in [2.05, 4.69) is 21.7 Å². The van der Waals surface area contributed by atoms with E-state index in [1.165, 1.54) is 0 Å². The van der Waals surface area contributed by atoms with Crippen molar-refractivity contribution in [3.63, 3.8) is 0 Å². The van der Waals surface area contributed by atoms with E-state index in [1.807, 2.05) is 60.8 Å². The van der Waals surface area contributed by atoms with E-state index in [-0.39, 0.29) is 23.0 Å². The summed E-state index contributed by atoms with van der Waals surface area (Å²) in [4.78, 5) is 9.10. The number of hydrogen-bond donors (Lipinski definition) is 4. The highest BCUT2D eigenvalue weighted by atomic mass is 15.2. The van der Waals surface area contributed by atoms with Gasteiger partial charge in [-0.25, -0.2) is 9.98 Å². The van der Waals surface area contributed by atoms with Crippen LogP contribution < -0.4 is 22.1 Å². The Kier molecular flexibility index (Phi) is 4.06. The van der Waals surface area contributed by atoms with Crippen LogP contribution in [0.25, 0.3) is 21.5 Å². The standard InChI is InChI=1S/C23H16N8/c24-10-16-19(26)18-20(29-23(28-11-25)31-22(18)30-21(16)27)17-14-7-3-1-5-12(14)9-13-6-2-4-8-15(13)17/h1-9,20H,(H6,26,27,28,29,30,31). The second-order valence-electron chi connectivity index (χ2n) is 7.13. The van der Waals surface area contributed by atoms with Gasteiger partial charge in [-0.3, -0.25) is 5.32 Å². The summed E-state index contributed by atoms with van der Waals surface area (Å²) in [6.45, 7) is 0. The Hall–Kier alpha value is -4.82. The van der Waals surface area contributed by atoms with E-state index in [9.17, 15) is 5.26 Å². The molecular weight excluding hydrogens is 388 g/mol. The number of nitrogen functional groups attached to an aromatic ring is 2. The molecule has 0 aliphatic carbocycles. The molecule has 0 bridgehead atoms. The highest BCUT2D eigenvalue weighted by molar-refractivity contribution is 6.05. The Morgan fingerprint density at radius 2 is 1.58 bits per heavy atom. The van der Waals surface area contributed by atoms with Crippen LogP contribution in [0.3, 0.4) is 0 Å². The maximum absolute atomic E-state index is 9.58. The minimum atomic E-state index is -0.608. The summed E-state index contributed by atoms with van der Waals surface area (Å²) in [5, 5.41) is 28.3. The summed E-state index contributed by atoms with van der Waals surface area (Å²) >= 11 is 0. The van der Waals surface area contributed by atoms with Crippen LogP contribution >= 0.6 is 0 Å². The molecule has 8 nitrogen and oxygen atoms in total. The van der Waals surface area contributed by atoms with Crippen molar-refractivity contribution in [2.24, 2.45) is 4.99 Å². The van der Waals surface area contributed by atoms with Gasteiger partial charge in [0.05, 0.1) is 5.69 Å². The van der Waals surface area contributed by atoms with Crippen LogP contribution in [0.15, 0.2) is 59.6 Å². The van der Waals surface area contributed by atoms with Crippen molar-refractivity contribution in [3.8, 4) is 12.3 Å². The lowest BCUT2D eigenvalue weighted by atomic mass is 9.87. The summed E-state index contributed by atoms with van der Waals surface area (Å²) in [6, 6.07) is 19.6. The smallest absolute Gasteiger partial charge is 0.211 e. The summed E-state index contributed by atoms with van der Waals surface area (Å²) in [5.74, 6) is 0.614. The van der Waals surface area contributed by atoms with Crippen LogP contribution in [0.4, 0.5) is 17.3 Å². The van der Waals surface area contributed by atoms with Gasteiger partial charge in [-0.05, 0) is 33.2 Å². The topological polar surface area (TPSA) is 149 Å². The fourth-order valence-electron chi connectivity index (χ4n) is 4.13. The van der Waals surface area contributed by atoms with Crippen molar-refractivity contribution in [2.75, 3.05) is 16.8 Å². The molecule has 0 saturated carbocycles. The molecule has 0 amide bonds. The quantitative estimate of drug-likeness (QED) is 0.216. The van der Waals surface area contributed by atoms with E-state index in [1.54, 1.807) is 0 Å². The second-order valence-corrected chi connectivity index (χ2v) is 7.13. The SMILES string of the molecule is N#CNC1=NC(c2c3ccccc3cc3ccccc23)c2c(nc(N)c(C#N)c2N)N1. The zero-order chi connectivity index (χ0) is 21.5. The van der Waals surface area contributed by atoms with Crippen molar-refractivity contribution >= 4 is 44.8 Å². The first-order valence-electron chi connectivity index (χ1n) is 9.51. The average molecular weight is 404 g/mol. The maximum atomic E-state index is 9.58. The molecule has 3 aromatic carbocycles. The molecule has 1 atom stereocenters. The molecule has 1 unspecified atom stereocenters. The number of nitrogens with one attached hydrogen (secondary N) is 2. The molecule has 5 rings (SSSR count). The van der Waals surface area contributed by atoms with Crippen molar-refractivity contribution in [3.05, 3.63) is 71.3 Å². The number of hydrogen-bond acceptors (Lipinski definition) is 8. The number of guanidine groups is 1. The summed E-state index contributed by atoms with van der Waals surface area (Å²) in [7, 11) is 0. The van der Waals surface area contributed by atoms with Gasteiger partial charge < -0.3 is 16.8 Å². The summed E-state index contributed by atoms with van der Waals surface area (Å²) in [6.07, 6.45) is 1.88. The number of aliphatic imine (C=N–C) groups is 1. The van der Waals surface area contributed by atoms with Gasteiger partial charge in [-0.15, -0.1) is 0 Å². The van der Waals surface area contributed by atoms with Gasteiger partial charge in [0.25, 0.3) is 0 Å². The zero-order valence-corrected chi connectivity index (χ0v) is 16.2.